The third-order valence-electron chi connectivity index (χ3n) is 5.61. The molecule has 0 aromatic carbocycles. The van der Waals surface area contributed by atoms with E-state index in [0.29, 0.717) is 38.6 Å². The number of hydrogen-bond acceptors (Lipinski definition) is 9. The van der Waals surface area contributed by atoms with E-state index in [9.17, 15) is 24.0 Å². The third-order valence-corrected chi connectivity index (χ3v) is 5.61. The van der Waals surface area contributed by atoms with Crippen LogP contribution in [0.5, 0.6) is 0 Å². The average Bonchev–Trinajstić information content (AvgIpc) is 3.19. The second-order valence-electron chi connectivity index (χ2n) is 8.31. The van der Waals surface area contributed by atoms with Gasteiger partial charge < -0.3 is 24.2 Å². The molecule has 1 heterocycles. The maximum atomic E-state index is 12.8. The Morgan fingerprint density at radius 2 is 1.61 bits per heavy atom. The van der Waals surface area contributed by atoms with Crippen LogP contribution in [0.4, 0.5) is 0 Å². The molecule has 1 saturated heterocycles. The van der Waals surface area contributed by atoms with Gasteiger partial charge in [0.2, 0.25) is 5.91 Å². The first-order chi connectivity index (χ1) is 15.7. The minimum absolute atomic E-state index is 0.0611. The Hall–Kier alpha value is -2.49. The maximum absolute atomic E-state index is 12.8. The van der Waals surface area contributed by atoms with Gasteiger partial charge in [0.1, 0.15) is 32.0 Å². The summed E-state index contributed by atoms with van der Waals surface area (Å²) in [5.74, 6) is -2.81. The quantitative estimate of drug-likeness (QED) is 0.153. The molecule has 1 amide bonds. The fourth-order valence-electron chi connectivity index (χ4n) is 3.83. The third kappa shape index (κ3) is 10.8. The zero-order chi connectivity index (χ0) is 24.8. The molecule has 188 valence electrons. The minimum Gasteiger partial charge on any atom is -0.463 e. The molecular formula is C23H37NO9. The van der Waals surface area contributed by atoms with Crippen molar-refractivity contribution in [3.8, 4) is 0 Å². The number of nitrogens with zero attached hydrogens (tertiary/aromatic N) is 1. The highest BCUT2D eigenvalue weighted by molar-refractivity contribution is 5.94. The number of hydrogen-bond donors (Lipinski definition) is 1. The first kappa shape index (κ1) is 28.5. The lowest BCUT2D eigenvalue weighted by atomic mass is 9.90. The molecule has 3 atom stereocenters. The lowest BCUT2D eigenvalue weighted by Gasteiger charge is -2.28. The monoisotopic (exact) mass is 471 g/mol. The number of carbonyl (C=O) groups excluding carboxylic acids is 5. The van der Waals surface area contributed by atoms with E-state index in [1.807, 2.05) is 13.8 Å². The average molecular weight is 472 g/mol. The molecule has 10 heteroatoms. The SMILES string of the molecule is CCC(CCC(CC(C)N1CCCC1=O)C(=O)OCCOC(=O)CC(C)=O)C(=O)OCCO. The molecule has 3 unspecified atom stereocenters. The number of aliphatic hydroxyl groups excluding tert-OH is 1. The smallest absolute Gasteiger partial charge is 0.313 e. The predicted molar refractivity (Wildman–Crippen MR) is 117 cm³/mol. The zero-order valence-corrected chi connectivity index (χ0v) is 19.9. The van der Waals surface area contributed by atoms with Crippen LogP contribution in [0.25, 0.3) is 0 Å². The van der Waals surface area contributed by atoms with Crippen molar-refractivity contribution < 1.29 is 43.3 Å². The van der Waals surface area contributed by atoms with Gasteiger partial charge in [0.15, 0.2) is 0 Å². The Bertz CT molecular complexity index is 679. The van der Waals surface area contributed by atoms with Gasteiger partial charge in [0, 0.05) is 19.0 Å². The maximum Gasteiger partial charge on any atom is 0.313 e. The highest BCUT2D eigenvalue weighted by atomic mass is 16.6. The first-order valence-corrected chi connectivity index (χ1v) is 11.6. The molecule has 1 rings (SSSR count). The molecule has 10 nitrogen and oxygen atoms in total. The summed E-state index contributed by atoms with van der Waals surface area (Å²) in [6, 6.07) is -0.160. The van der Waals surface area contributed by atoms with Crippen molar-refractivity contribution in [2.24, 2.45) is 11.8 Å². The van der Waals surface area contributed by atoms with Crippen molar-refractivity contribution in [3.05, 3.63) is 0 Å². The molecule has 1 N–H and O–H groups in total. The standard InChI is InChI=1S/C23H37NO9/c1-4-18(22(29)32-11-10-25)7-8-19(14-16(2)24-9-5-6-20(24)27)23(30)33-13-12-31-21(28)15-17(3)26/h16,18-19,25H,4-15H2,1-3H3. The van der Waals surface area contributed by atoms with Gasteiger partial charge in [-0.2, -0.15) is 0 Å². The van der Waals surface area contributed by atoms with E-state index in [2.05, 4.69) is 0 Å². The van der Waals surface area contributed by atoms with Gasteiger partial charge in [-0.05, 0) is 46.0 Å². The Morgan fingerprint density at radius 1 is 1.00 bits per heavy atom. The number of Topliss-reactive ketones (excluding diaryl/α,β-unsaturated/α-hetero) is 1. The summed E-state index contributed by atoms with van der Waals surface area (Å²) in [5, 5.41) is 8.85. The molecule has 1 aliphatic heterocycles. The van der Waals surface area contributed by atoms with Crippen LogP contribution in [-0.2, 0) is 38.2 Å². The fourth-order valence-corrected chi connectivity index (χ4v) is 3.83. The van der Waals surface area contributed by atoms with E-state index in [1.54, 1.807) is 4.90 Å². The lowest BCUT2D eigenvalue weighted by Crippen LogP contribution is -2.37. The number of esters is 3. The molecule has 1 aliphatic rings. The van der Waals surface area contributed by atoms with Crippen molar-refractivity contribution in [1.29, 1.82) is 0 Å². The van der Waals surface area contributed by atoms with Gasteiger partial charge in [-0.15, -0.1) is 0 Å². The Morgan fingerprint density at radius 3 is 2.18 bits per heavy atom. The topological polar surface area (TPSA) is 137 Å². The van der Waals surface area contributed by atoms with Crippen molar-refractivity contribution in [2.75, 3.05) is 33.0 Å². The number of rotatable bonds is 16. The number of ketones is 1. The number of ether oxygens (including phenoxy) is 3. The summed E-state index contributed by atoms with van der Waals surface area (Å²) in [5.41, 5.74) is 0. The minimum atomic E-state index is -0.677. The van der Waals surface area contributed by atoms with Gasteiger partial charge in [0.05, 0.1) is 18.4 Å². The summed E-state index contributed by atoms with van der Waals surface area (Å²) in [7, 11) is 0. The van der Waals surface area contributed by atoms with E-state index < -0.39 is 29.7 Å². The van der Waals surface area contributed by atoms with Gasteiger partial charge >= 0.3 is 17.9 Å². The summed E-state index contributed by atoms with van der Waals surface area (Å²) >= 11 is 0. The normalized spacial score (nSPS) is 16.1. The summed E-state index contributed by atoms with van der Waals surface area (Å²) in [6.45, 7) is 5.04. The van der Waals surface area contributed by atoms with Gasteiger partial charge in [-0.3, -0.25) is 24.0 Å². The van der Waals surface area contributed by atoms with Crippen LogP contribution in [0, 0.1) is 11.8 Å². The molecule has 0 saturated carbocycles. The van der Waals surface area contributed by atoms with Crippen molar-refractivity contribution in [2.45, 2.75) is 71.8 Å². The Kier molecular flexibility index (Phi) is 13.3. The van der Waals surface area contributed by atoms with Gasteiger partial charge in [0.25, 0.3) is 0 Å². The summed E-state index contributed by atoms with van der Waals surface area (Å²) < 4.78 is 15.2. The van der Waals surface area contributed by atoms with Crippen LogP contribution in [0.15, 0.2) is 0 Å². The van der Waals surface area contributed by atoms with E-state index in [-0.39, 0.29) is 50.6 Å². The molecule has 0 aromatic rings. The summed E-state index contributed by atoms with van der Waals surface area (Å²) in [6.07, 6.45) is 2.63. The second kappa shape index (κ2) is 15.4. The molecular weight excluding hydrogens is 434 g/mol. The number of amides is 1. The predicted octanol–water partition coefficient (Wildman–Crippen LogP) is 1.41. The molecule has 0 aromatic heterocycles. The van der Waals surface area contributed by atoms with Crippen LogP contribution >= 0.6 is 0 Å². The largest absolute Gasteiger partial charge is 0.463 e. The second-order valence-corrected chi connectivity index (χ2v) is 8.31. The van der Waals surface area contributed by atoms with Crippen LogP contribution in [-0.4, -0.2) is 78.6 Å². The fraction of sp³-hybridized carbons (Fsp3) is 0.783. The van der Waals surface area contributed by atoms with Crippen LogP contribution in [0.3, 0.4) is 0 Å². The van der Waals surface area contributed by atoms with E-state index >= 15 is 0 Å². The molecule has 0 aliphatic carbocycles. The molecule has 1 fully saturated rings. The number of carbonyl (C=O) groups is 5. The van der Waals surface area contributed by atoms with E-state index in [0.717, 1.165) is 6.42 Å². The highest BCUT2D eigenvalue weighted by Crippen LogP contribution is 2.25. The van der Waals surface area contributed by atoms with Crippen molar-refractivity contribution in [3.63, 3.8) is 0 Å². The molecule has 0 radical (unpaired) electrons. The molecule has 0 spiro atoms. The Balaban J connectivity index is 2.68. The number of likely N-dealkylation sites (tertiary alicyclic amines) is 1. The lowest BCUT2D eigenvalue weighted by molar-refractivity contribution is -0.157. The molecule has 0 bridgehead atoms. The van der Waals surface area contributed by atoms with Gasteiger partial charge in [-0.1, -0.05) is 6.92 Å². The summed E-state index contributed by atoms with van der Waals surface area (Å²) in [4.78, 5) is 61.1. The first-order valence-electron chi connectivity index (χ1n) is 11.6. The molecule has 33 heavy (non-hydrogen) atoms. The number of aliphatic hydroxyl groups is 1. The Labute approximate surface area is 194 Å². The van der Waals surface area contributed by atoms with E-state index in [1.165, 1.54) is 6.92 Å². The van der Waals surface area contributed by atoms with Crippen LogP contribution in [0.1, 0.15) is 65.7 Å². The van der Waals surface area contributed by atoms with E-state index in [4.69, 9.17) is 19.3 Å². The van der Waals surface area contributed by atoms with Gasteiger partial charge in [-0.25, -0.2) is 0 Å². The van der Waals surface area contributed by atoms with Crippen molar-refractivity contribution >= 4 is 29.6 Å². The highest BCUT2D eigenvalue weighted by Gasteiger charge is 2.31. The zero-order valence-electron chi connectivity index (χ0n) is 19.9. The van der Waals surface area contributed by atoms with Crippen LogP contribution in [0.2, 0.25) is 0 Å². The van der Waals surface area contributed by atoms with Crippen molar-refractivity contribution in [1.82, 2.24) is 4.90 Å². The van der Waals surface area contributed by atoms with Crippen LogP contribution < -0.4 is 0 Å².